The number of benzene rings is 2. The number of fused-ring (bicyclic) bond motifs is 1. The number of hydrogen-bond donors (Lipinski definition) is 2. The second-order valence-electron chi connectivity index (χ2n) is 10.1. The van der Waals surface area contributed by atoms with Crippen LogP contribution in [-0.2, 0) is 20.2 Å². The zero-order chi connectivity index (χ0) is 35.1. The van der Waals surface area contributed by atoms with Gasteiger partial charge in [0.05, 0.1) is 12.5 Å². The summed E-state index contributed by atoms with van der Waals surface area (Å²) in [6.07, 6.45) is 24.4. The minimum Gasteiger partial charge on any atom is -0.286 e. The molecule has 0 aromatic heterocycles. The lowest BCUT2D eigenvalue weighted by Crippen LogP contribution is -1.88. The molecule has 0 bridgehead atoms. The van der Waals surface area contributed by atoms with Crippen molar-refractivity contribution < 1.29 is 28.8 Å². The molecule has 0 heterocycles. The Kier molecular flexibility index (Phi) is 47.0. The minimum atomic E-state index is -3.67. The van der Waals surface area contributed by atoms with Crippen molar-refractivity contribution in [3.63, 3.8) is 0 Å². The molecule has 0 aliphatic carbocycles. The van der Waals surface area contributed by atoms with Crippen molar-refractivity contribution in [2.24, 2.45) is 0 Å². The summed E-state index contributed by atoms with van der Waals surface area (Å²) in [5.74, 6) is 0. The van der Waals surface area contributed by atoms with E-state index in [0.29, 0.717) is 12.5 Å². The molecule has 0 atom stereocenters. The van der Waals surface area contributed by atoms with Crippen LogP contribution in [0.3, 0.4) is 0 Å². The van der Waals surface area contributed by atoms with Crippen molar-refractivity contribution in [2.75, 3.05) is 12.5 Å². The number of rotatable bonds is 14. The quantitative estimate of drug-likeness (QED) is 0.150. The van der Waals surface area contributed by atoms with Crippen LogP contribution in [0, 0.1) is 23.7 Å². The second kappa shape index (κ2) is 40.5. The Morgan fingerprint density at radius 3 is 0.750 bits per heavy atom. The van der Waals surface area contributed by atoms with Crippen LogP contribution in [0.2, 0.25) is 0 Å². The molecule has 0 radical (unpaired) electrons. The van der Waals surface area contributed by atoms with E-state index in [4.69, 9.17) is 19.6 Å². The molecule has 0 spiro atoms. The third-order valence-corrected chi connectivity index (χ3v) is 5.57. The standard InChI is InChI=1S/C10H8.2C10H22.2CHN.2CH4O3S/c1-2-6-10-8-4-3-7-9(10)5-1;2*1-3-5-7-9-10-8-6-4-2;2*1-2;2*1-5(2,3)4/h1-8H;2*3-10H2,1-2H3;2*1H;2*1H3,(H,2,3,4)/p+2. The summed E-state index contributed by atoms with van der Waals surface area (Å²) in [5.41, 5.74) is 0. The highest BCUT2D eigenvalue weighted by Gasteiger charge is 1.89. The molecule has 0 saturated carbocycles. The molecule has 2 aromatic carbocycles. The molecule has 0 saturated heterocycles. The molecular formula is C34H64N2O6S2+2. The van der Waals surface area contributed by atoms with E-state index in [9.17, 15) is 16.8 Å². The average molecular weight is 661 g/mol. The first-order chi connectivity index (χ1) is 20.8. The van der Waals surface area contributed by atoms with Crippen LogP contribution >= 0.6 is 0 Å². The molecule has 0 unspecified atom stereocenters. The van der Waals surface area contributed by atoms with Gasteiger partial charge in [0.15, 0.2) is 0 Å². The first-order valence-electron chi connectivity index (χ1n) is 15.6. The Hall–Kier alpha value is -2.50. The Morgan fingerprint density at radius 1 is 0.477 bits per heavy atom. The van der Waals surface area contributed by atoms with Crippen LogP contribution < -0.4 is 0 Å². The van der Waals surface area contributed by atoms with Gasteiger partial charge in [-0.2, -0.15) is 16.8 Å². The van der Waals surface area contributed by atoms with Crippen LogP contribution in [0.5, 0.6) is 0 Å². The van der Waals surface area contributed by atoms with Crippen molar-refractivity contribution in [1.82, 2.24) is 0 Å². The van der Waals surface area contributed by atoms with Gasteiger partial charge in [0, 0.05) is 13.1 Å². The molecule has 2 N–H and O–H groups in total. The predicted octanol–water partition coefficient (Wildman–Crippen LogP) is 10.6. The van der Waals surface area contributed by atoms with Crippen LogP contribution in [-0.4, -0.2) is 38.5 Å². The Bertz CT molecular complexity index is 949. The van der Waals surface area contributed by atoms with Crippen LogP contribution in [0.1, 0.15) is 133 Å². The van der Waals surface area contributed by atoms with E-state index >= 15 is 0 Å². The van der Waals surface area contributed by atoms with Crippen molar-refractivity contribution in [1.29, 1.82) is 10.5 Å². The molecule has 2 rings (SSSR count). The van der Waals surface area contributed by atoms with Gasteiger partial charge in [0.25, 0.3) is 20.2 Å². The first kappa shape index (κ1) is 51.1. The van der Waals surface area contributed by atoms with E-state index in [0.717, 1.165) is 0 Å². The summed E-state index contributed by atoms with van der Waals surface area (Å²) in [6, 6.07) is 16.7. The maximum Gasteiger partial charge on any atom is 1.00 e. The third-order valence-electron chi connectivity index (χ3n) is 5.57. The van der Waals surface area contributed by atoms with Gasteiger partial charge in [-0.3, -0.25) is 9.11 Å². The van der Waals surface area contributed by atoms with E-state index < -0.39 is 20.2 Å². The van der Waals surface area contributed by atoms with E-state index in [-0.39, 0.29) is 2.85 Å². The summed E-state index contributed by atoms with van der Waals surface area (Å²) in [7, 11) is -7.33. The number of nitriles is 2. The Balaban J connectivity index is -0.0000000816. The van der Waals surface area contributed by atoms with Crippen LogP contribution in [0.15, 0.2) is 48.5 Å². The number of nitrogens with zero attached hydrogens (tertiary/aromatic N) is 2. The molecule has 2 aromatic rings. The fourth-order valence-electron chi connectivity index (χ4n) is 3.55. The summed E-state index contributed by atoms with van der Waals surface area (Å²) in [4.78, 5) is 0. The zero-order valence-corrected chi connectivity index (χ0v) is 30.0. The fourth-order valence-corrected chi connectivity index (χ4v) is 3.55. The predicted molar refractivity (Wildman–Crippen MR) is 191 cm³/mol. The topological polar surface area (TPSA) is 156 Å². The summed E-state index contributed by atoms with van der Waals surface area (Å²) in [6.45, 7) is 16.1. The lowest BCUT2D eigenvalue weighted by atomic mass is 10.1. The summed E-state index contributed by atoms with van der Waals surface area (Å²) >= 11 is 0. The molecule has 0 fully saturated rings. The largest absolute Gasteiger partial charge is 1.00 e. The molecule has 44 heavy (non-hydrogen) atoms. The average Bonchev–Trinajstić information content (AvgIpc) is 2.98. The molecular weight excluding hydrogens is 597 g/mol. The molecule has 0 aliphatic heterocycles. The first-order valence-corrected chi connectivity index (χ1v) is 19.3. The lowest BCUT2D eigenvalue weighted by molar-refractivity contribution is 0.488. The minimum absolute atomic E-state index is 0. The van der Waals surface area contributed by atoms with Gasteiger partial charge in [0.2, 0.25) is 0 Å². The van der Waals surface area contributed by atoms with Crippen molar-refractivity contribution in [2.45, 2.75) is 130 Å². The normalized spacial score (nSPS) is 9.64. The van der Waals surface area contributed by atoms with Gasteiger partial charge in [-0.1, -0.05) is 179 Å². The monoisotopic (exact) mass is 660 g/mol. The van der Waals surface area contributed by atoms with E-state index in [1.54, 1.807) is 0 Å². The van der Waals surface area contributed by atoms with Gasteiger partial charge in [0.1, 0.15) is 0 Å². The molecule has 8 nitrogen and oxygen atoms in total. The number of hydrogen-bond acceptors (Lipinski definition) is 6. The SMILES string of the molecule is C#N.C#N.CCCCCCCCCC.CCCCCCCCCC.CS(=O)(=O)O.CS(=O)(=O)O.[H+].[H+].c1ccc2ccccc2c1. The molecule has 10 heteroatoms. The van der Waals surface area contributed by atoms with E-state index in [1.165, 1.54) is 114 Å². The van der Waals surface area contributed by atoms with Gasteiger partial charge < -0.3 is 0 Å². The maximum absolute atomic E-state index is 9.19. The van der Waals surface area contributed by atoms with Crippen LogP contribution in [0.4, 0.5) is 0 Å². The second-order valence-corrected chi connectivity index (χ2v) is 13.0. The molecule has 0 aliphatic rings. The maximum atomic E-state index is 9.19. The van der Waals surface area contributed by atoms with Gasteiger partial charge >= 0.3 is 2.85 Å². The smallest absolute Gasteiger partial charge is 0.286 e. The van der Waals surface area contributed by atoms with E-state index in [2.05, 4.69) is 89.4 Å². The molecule has 0 amide bonds. The lowest BCUT2D eigenvalue weighted by Gasteiger charge is -1.97. The van der Waals surface area contributed by atoms with Gasteiger partial charge in [-0.15, -0.1) is 0 Å². The Labute approximate surface area is 274 Å². The van der Waals surface area contributed by atoms with Gasteiger partial charge in [-0.25, -0.2) is 10.5 Å². The van der Waals surface area contributed by atoms with Crippen molar-refractivity contribution in [3.8, 4) is 13.1 Å². The fraction of sp³-hybridized carbons (Fsp3) is 0.647. The third kappa shape index (κ3) is 67.3. The van der Waals surface area contributed by atoms with Gasteiger partial charge in [-0.05, 0) is 10.8 Å². The number of unbranched alkanes of at least 4 members (excludes halogenated alkanes) is 14. The highest BCUT2D eigenvalue weighted by Crippen LogP contribution is 2.11. The summed E-state index contributed by atoms with van der Waals surface area (Å²) < 4.78 is 51.7. The zero-order valence-electron chi connectivity index (χ0n) is 30.3. The van der Waals surface area contributed by atoms with Crippen LogP contribution in [0.25, 0.3) is 10.8 Å². The highest BCUT2D eigenvalue weighted by molar-refractivity contribution is 7.85. The Morgan fingerprint density at radius 2 is 0.614 bits per heavy atom. The van der Waals surface area contributed by atoms with E-state index in [1.807, 2.05) is 0 Å². The molecule has 256 valence electrons. The van der Waals surface area contributed by atoms with Crippen molar-refractivity contribution in [3.05, 3.63) is 48.5 Å². The summed E-state index contributed by atoms with van der Waals surface area (Å²) in [5, 5.41) is 15.6. The highest BCUT2D eigenvalue weighted by atomic mass is 32.2. The van der Waals surface area contributed by atoms with Crippen molar-refractivity contribution >= 4 is 31.0 Å².